The minimum atomic E-state index is -0.759. The Labute approximate surface area is 272 Å². The van der Waals surface area contributed by atoms with Crippen LogP contribution in [0.3, 0.4) is 0 Å². The number of ether oxygens (including phenoxy) is 2. The molecule has 11 nitrogen and oxygen atoms in total. The van der Waals surface area contributed by atoms with Crippen LogP contribution in [0.2, 0.25) is 0 Å². The van der Waals surface area contributed by atoms with Gasteiger partial charge in [-0.2, -0.15) is 0 Å². The van der Waals surface area contributed by atoms with Crippen molar-refractivity contribution in [2.75, 3.05) is 20.1 Å². The van der Waals surface area contributed by atoms with Crippen LogP contribution in [0.1, 0.15) is 90.3 Å². The number of pyridine rings is 1. The lowest BCUT2D eigenvalue weighted by Gasteiger charge is -2.35. The van der Waals surface area contributed by atoms with E-state index in [9.17, 15) is 9.59 Å². The standard InChI is InChI=1S/C35H49N7O4/c1-34(2,3)45-32(43)38-31(39-33(44)46-35(4,5)6)41-20-12-13-24(21-41)22-42-27-17-9-8-16-26(27)37-29(42)23-40(7)28-18-10-14-25-15-11-19-36-30(25)28/h8-9,11,15-17,19,24,28H,10,12-14,18,20-23H2,1-7H3,(H,38,39,43,44)/t24-,28+/m0/s1. The van der Waals surface area contributed by atoms with E-state index in [1.807, 2.05) is 23.2 Å². The number of hydrogen-bond donors (Lipinski definition) is 1. The van der Waals surface area contributed by atoms with Crippen molar-refractivity contribution in [3.05, 3.63) is 59.7 Å². The summed E-state index contributed by atoms with van der Waals surface area (Å²) in [5.41, 5.74) is 3.16. The number of hydrogen-bond acceptors (Lipinski definition) is 7. The van der Waals surface area contributed by atoms with Gasteiger partial charge in [-0.3, -0.25) is 15.2 Å². The second-order valence-corrected chi connectivity index (χ2v) is 14.5. The van der Waals surface area contributed by atoms with Gasteiger partial charge in [0.05, 0.1) is 29.3 Å². The zero-order valence-electron chi connectivity index (χ0n) is 28.4. The van der Waals surface area contributed by atoms with Crippen LogP contribution in [0.25, 0.3) is 11.0 Å². The highest BCUT2D eigenvalue weighted by molar-refractivity contribution is 5.99. The number of aliphatic imine (C=N–C) groups is 1. The van der Waals surface area contributed by atoms with Crippen molar-refractivity contribution in [2.24, 2.45) is 10.9 Å². The van der Waals surface area contributed by atoms with Crippen molar-refractivity contribution in [1.29, 1.82) is 0 Å². The molecule has 2 aliphatic rings. The van der Waals surface area contributed by atoms with Gasteiger partial charge in [-0.05, 0) is 110 Å². The first-order chi connectivity index (χ1) is 21.8. The lowest BCUT2D eigenvalue weighted by atomic mass is 9.91. The first-order valence-electron chi connectivity index (χ1n) is 16.4. The van der Waals surface area contributed by atoms with Crippen molar-refractivity contribution in [3.63, 3.8) is 0 Å². The quantitative estimate of drug-likeness (QED) is 0.252. The molecule has 3 aromatic rings. The molecular weight excluding hydrogens is 582 g/mol. The average molecular weight is 632 g/mol. The summed E-state index contributed by atoms with van der Waals surface area (Å²) in [4.78, 5) is 44.0. The maximum absolute atomic E-state index is 12.8. The Balaban J connectivity index is 1.37. The Morgan fingerprint density at radius 1 is 1.02 bits per heavy atom. The molecule has 5 rings (SSSR count). The van der Waals surface area contributed by atoms with Crippen molar-refractivity contribution in [2.45, 2.75) is 104 Å². The number of benzene rings is 1. The number of piperidine rings is 1. The number of nitrogens with one attached hydrogen (secondary N) is 1. The topological polar surface area (TPSA) is 114 Å². The highest BCUT2D eigenvalue weighted by atomic mass is 16.6. The Morgan fingerprint density at radius 3 is 2.54 bits per heavy atom. The molecule has 2 amide bonds. The van der Waals surface area contributed by atoms with Gasteiger partial charge < -0.3 is 18.9 Å². The molecule has 0 bridgehead atoms. The number of amides is 2. The number of guanidine groups is 1. The summed E-state index contributed by atoms with van der Waals surface area (Å²) >= 11 is 0. The van der Waals surface area contributed by atoms with Gasteiger partial charge in [-0.1, -0.05) is 18.2 Å². The number of fused-ring (bicyclic) bond motifs is 2. The van der Waals surface area contributed by atoms with Gasteiger partial charge in [-0.15, -0.1) is 4.99 Å². The van der Waals surface area contributed by atoms with E-state index in [0.717, 1.165) is 55.5 Å². The monoisotopic (exact) mass is 631 g/mol. The van der Waals surface area contributed by atoms with Crippen LogP contribution >= 0.6 is 0 Å². The van der Waals surface area contributed by atoms with Gasteiger partial charge in [0, 0.05) is 25.8 Å². The highest BCUT2D eigenvalue weighted by Gasteiger charge is 2.30. The molecule has 2 atom stereocenters. The first kappa shape index (κ1) is 33.4. The molecule has 1 fully saturated rings. The van der Waals surface area contributed by atoms with Crippen LogP contribution in [0.4, 0.5) is 9.59 Å². The molecule has 1 aliphatic carbocycles. The molecule has 1 saturated heterocycles. The predicted molar refractivity (Wildman–Crippen MR) is 178 cm³/mol. The van der Waals surface area contributed by atoms with Gasteiger partial charge >= 0.3 is 12.2 Å². The second kappa shape index (κ2) is 13.8. The number of rotatable bonds is 5. The summed E-state index contributed by atoms with van der Waals surface area (Å²) in [7, 11) is 2.17. The van der Waals surface area contributed by atoms with E-state index >= 15 is 0 Å². The maximum Gasteiger partial charge on any atom is 0.437 e. The van der Waals surface area contributed by atoms with E-state index in [1.165, 1.54) is 11.3 Å². The third-order valence-corrected chi connectivity index (χ3v) is 8.28. The van der Waals surface area contributed by atoms with E-state index in [2.05, 4.69) is 51.1 Å². The van der Waals surface area contributed by atoms with Gasteiger partial charge in [0.2, 0.25) is 5.96 Å². The van der Waals surface area contributed by atoms with Crippen LogP contribution < -0.4 is 5.32 Å². The number of aromatic nitrogens is 3. The zero-order chi connectivity index (χ0) is 33.1. The summed E-state index contributed by atoms with van der Waals surface area (Å²) < 4.78 is 13.3. The Kier molecular flexibility index (Phi) is 10.0. The molecule has 248 valence electrons. The van der Waals surface area contributed by atoms with Gasteiger partial charge in [0.1, 0.15) is 17.0 Å². The summed E-state index contributed by atoms with van der Waals surface area (Å²) in [5, 5.41) is 2.73. The summed E-state index contributed by atoms with van der Waals surface area (Å²) in [6.45, 7) is 13.4. The minimum Gasteiger partial charge on any atom is -0.444 e. The molecule has 11 heteroatoms. The molecule has 0 spiro atoms. The summed E-state index contributed by atoms with van der Waals surface area (Å²) in [6.07, 6.45) is 5.63. The Hall–Kier alpha value is -3.99. The molecule has 3 heterocycles. The average Bonchev–Trinajstić information content (AvgIpc) is 3.31. The van der Waals surface area contributed by atoms with E-state index in [-0.39, 0.29) is 17.9 Å². The molecule has 0 saturated carbocycles. The number of likely N-dealkylation sites (tertiary alicyclic amines) is 1. The fourth-order valence-electron chi connectivity index (χ4n) is 6.41. The third kappa shape index (κ3) is 8.63. The smallest absolute Gasteiger partial charge is 0.437 e. The molecule has 1 N–H and O–H groups in total. The van der Waals surface area contributed by atoms with Crippen LogP contribution in [0, 0.1) is 5.92 Å². The fraction of sp³-hybridized carbons (Fsp3) is 0.571. The highest BCUT2D eigenvalue weighted by Crippen LogP contribution is 2.33. The molecule has 2 aromatic heterocycles. The summed E-state index contributed by atoms with van der Waals surface area (Å²) in [6, 6.07) is 12.7. The Bertz CT molecular complexity index is 1570. The molecule has 1 aromatic carbocycles. The SMILES string of the molecule is CN(Cc1nc2ccccc2n1C[C@H]1CCCN(C(=NC(=O)OC(C)(C)C)NC(=O)OC(C)(C)C)C1)[C@@H]1CCCc2cccnc21. The van der Waals surface area contributed by atoms with Crippen molar-refractivity contribution < 1.29 is 19.1 Å². The number of imidazole rings is 1. The number of carbonyl (C=O) groups is 2. The molecule has 46 heavy (non-hydrogen) atoms. The third-order valence-electron chi connectivity index (χ3n) is 8.28. The normalized spacial score (nSPS) is 19.2. The van der Waals surface area contributed by atoms with Gasteiger partial charge in [0.25, 0.3) is 0 Å². The van der Waals surface area contributed by atoms with E-state index < -0.39 is 23.4 Å². The van der Waals surface area contributed by atoms with Gasteiger partial charge in [-0.25, -0.2) is 14.6 Å². The Morgan fingerprint density at radius 2 is 1.78 bits per heavy atom. The largest absolute Gasteiger partial charge is 0.444 e. The fourth-order valence-corrected chi connectivity index (χ4v) is 6.41. The summed E-state index contributed by atoms with van der Waals surface area (Å²) in [5.74, 6) is 1.38. The van der Waals surface area contributed by atoms with Crippen LogP contribution in [-0.2, 0) is 29.0 Å². The molecule has 0 radical (unpaired) electrons. The number of para-hydroxylation sites is 2. The van der Waals surface area contributed by atoms with E-state index in [0.29, 0.717) is 19.6 Å². The molecular formula is C35H49N7O4. The minimum absolute atomic E-state index is 0.145. The van der Waals surface area contributed by atoms with Crippen molar-refractivity contribution >= 4 is 29.2 Å². The number of aryl methyl sites for hydroxylation is 1. The second-order valence-electron chi connectivity index (χ2n) is 14.5. The van der Waals surface area contributed by atoms with Crippen molar-refractivity contribution in [3.8, 4) is 0 Å². The molecule has 1 aliphatic heterocycles. The zero-order valence-corrected chi connectivity index (χ0v) is 28.4. The number of alkyl carbamates (subject to hydrolysis) is 1. The van der Waals surface area contributed by atoms with E-state index in [1.54, 1.807) is 41.5 Å². The first-order valence-corrected chi connectivity index (χ1v) is 16.4. The predicted octanol–water partition coefficient (Wildman–Crippen LogP) is 6.47. The molecule has 0 unspecified atom stereocenters. The van der Waals surface area contributed by atoms with Crippen molar-refractivity contribution in [1.82, 2.24) is 29.7 Å². The van der Waals surface area contributed by atoms with Crippen LogP contribution in [0.5, 0.6) is 0 Å². The van der Waals surface area contributed by atoms with E-state index in [4.69, 9.17) is 19.4 Å². The van der Waals surface area contributed by atoms with Gasteiger partial charge in [0.15, 0.2) is 0 Å². The van der Waals surface area contributed by atoms with Crippen LogP contribution in [-0.4, -0.2) is 73.8 Å². The number of nitrogens with zero attached hydrogens (tertiary/aromatic N) is 6. The lowest BCUT2D eigenvalue weighted by molar-refractivity contribution is 0.0551. The lowest BCUT2D eigenvalue weighted by Crippen LogP contribution is -2.50. The number of carbonyl (C=O) groups excluding carboxylic acids is 2. The van der Waals surface area contributed by atoms with Crippen LogP contribution in [0.15, 0.2) is 47.6 Å². The maximum atomic E-state index is 12.8.